The van der Waals surface area contributed by atoms with Crippen molar-refractivity contribution in [3.63, 3.8) is 0 Å². The zero-order valence-corrected chi connectivity index (χ0v) is 14.3. The molecular weight excluding hydrogens is 318 g/mol. The van der Waals surface area contributed by atoms with Gasteiger partial charge in [0.1, 0.15) is 11.4 Å². The largest absolute Gasteiger partial charge is 0.508 e. The second-order valence-corrected chi connectivity index (χ2v) is 6.52. The van der Waals surface area contributed by atoms with Gasteiger partial charge >= 0.3 is 0 Å². The van der Waals surface area contributed by atoms with Crippen molar-refractivity contribution in [1.29, 1.82) is 0 Å². The molecule has 1 aromatic carbocycles. The molecule has 2 aromatic rings. The molecule has 4 N–H and O–H groups in total. The van der Waals surface area contributed by atoms with Gasteiger partial charge in [-0.3, -0.25) is 9.69 Å². The molecule has 7 heteroatoms. The fraction of sp³-hybridized carbons (Fsp3) is 0.389. The summed E-state index contributed by atoms with van der Waals surface area (Å²) in [6.45, 7) is 5.10. The van der Waals surface area contributed by atoms with Crippen molar-refractivity contribution in [2.75, 3.05) is 25.4 Å². The summed E-state index contributed by atoms with van der Waals surface area (Å²) in [6, 6.07) is 8.96. The molecule has 1 amide bonds. The second-order valence-electron chi connectivity index (χ2n) is 6.52. The first-order valence-corrected chi connectivity index (χ1v) is 8.39. The van der Waals surface area contributed by atoms with Crippen LogP contribution >= 0.6 is 0 Å². The maximum atomic E-state index is 12.2. The highest BCUT2D eigenvalue weighted by Gasteiger charge is 2.23. The highest BCUT2D eigenvalue weighted by molar-refractivity contribution is 5.92. The summed E-state index contributed by atoms with van der Waals surface area (Å²) in [6.07, 6.45) is 1.03. The highest BCUT2D eigenvalue weighted by Crippen LogP contribution is 2.20. The van der Waals surface area contributed by atoms with Crippen LogP contribution in [-0.4, -0.2) is 45.5 Å². The van der Waals surface area contributed by atoms with E-state index in [1.165, 1.54) is 0 Å². The fourth-order valence-electron chi connectivity index (χ4n) is 3.17. The number of amides is 1. The Morgan fingerprint density at radius 3 is 3.00 bits per heavy atom. The van der Waals surface area contributed by atoms with E-state index >= 15 is 0 Å². The van der Waals surface area contributed by atoms with E-state index in [1.807, 2.05) is 12.1 Å². The Balaban J connectivity index is 1.49. The van der Waals surface area contributed by atoms with Crippen LogP contribution in [0.4, 0.5) is 5.95 Å². The van der Waals surface area contributed by atoms with Crippen molar-refractivity contribution < 1.29 is 9.90 Å². The molecule has 1 atom stereocenters. The lowest BCUT2D eigenvalue weighted by atomic mass is 10.1. The summed E-state index contributed by atoms with van der Waals surface area (Å²) >= 11 is 0. The van der Waals surface area contributed by atoms with Crippen LogP contribution < -0.4 is 11.1 Å². The minimum Gasteiger partial charge on any atom is -0.508 e. The number of hydrogen-bond donors (Lipinski definition) is 3. The molecule has 1 unspecified atom stereocenters. The van der Waals surface area contributed by atoms with Gasteiger partial charge in [-0.25, -0.2) is 9.97 Å². The number of phenolic OH excluding ortho intramolecular Hbond substituents is 1. The molecular formula is C18H23N5O2. The van der Waals surface area contributed by atoms with Crippen LogP contribution in [-0.2, 0) is 6.54 Å². The number of rotatable bonds is 5. The summed E-state index contributed by atoms with van der Waals surface area (Å²) < 4.78 is 0. The lowest BCUT2D eigenvalue weighted by molar-refractivity contribution is 0.0942. The number of nitrogens with zero attached hydrogens (tertiary/aromatic N) is 3. The van der Waals surface area contributed by atoms with Gasteiger partial charge in [-0.15, -0.1) is 0 Å². The number of aromatic hydroxyl groups is 1. The number of nitrogens with two attached hydrogens (primary N) is 1. The first kappa shape index (κ1) is 17.2. The van der Waals surface area contributed by atoms with Gasteiger partial charge < -0.3 is 16.2 Å². The summed E-state index contributed by atoms with van der Waals surface area (Å²) in [5.74, 6) is 0.591. The molecule has 1 aromatic heterocycles. The minimum atomic E-state index is -0.219. The van der Waals surface area contributed by atoms with Crippen LogP contribution in [0.3, 0.4) is 0 Å². The van der Waals surface area contributed by atoms with E-state index in [9.17, 15) is 9.90 Å². The number of nitrogens with one attached hydrogen (secondary N) is 1. The molecule has 132 valence electrons. The van der Waals surface area contributed by atoms with E-state index < -0.39 is 0 Å². The predicted octanol–water partition coefficient (Wildman–Crippen LogP) is 1.32. The zero-order chi connectivity index (χ0) is 17.8. The minimum absolute atomic E-state index is 0.114. The number of nitrogen functional groups attached to an aromatic ring is 1. The van der Waals surface area contributed by atoms with Gasteiger partial charge in [-0.1, -0.05) is 12.1 Å². The quantitative estimate of drug-likeness (QED) is 0.758. The molecule has 0 radical (unpaired) electrons. The third kappa shape index (κ3) is 4.67. The number of aromatic nitrogens is 2. The molecule has 0 spiro atoms. The Bertz CT molecular complexity index is 745. The van der Waals surface area contributed by atoms with Crippen molar-refractivity contribution in [3.05, 3.63) is 47.3 Å². The number of aryl methyl sites for hydroxylation is 1. The number of benzene rings is 1. The second kappa shape index (κ2) is 7.48. The molecule has 2 heterocycles. The summed E-state index contributed by atoms with van der Waals surface area (Å²) in [5, 5.41) is 12.5. The van der Waals surface area contributed by atoms with Gasteiger partial charge in [0, 0.05) is 25.3 Å². The molecule has 0 bridgehead atoms. The number of anilines is 1. The standard InChI is InChI=1S/C18H23N5O2/c1-12-7-16(22-18(19)21-12)17(25)20-9-14-5-6-23(11-14)10-13-3-2-4-15(24)8-13/h2-4,7-8,14,24H,5-6,9-11H2,1H3,(H,20,25)(H2,19,21,22). The number of likely N-dealkylation sites (tertiary alicyclic amines) is 1. The first-order chi connectivity index (χ1) is 12.0. The van der Waals surface area contributed by atoms with Gasteiger partial charge in [-0.2, -0.15) is 0 Å². The average Bonchev–Trinajstić information content (AvgIpc) is 2.99. The molecule has 3 rings (SSSR count). The van der Waals surface area contributed by atoms with Gasteiger partial charge in [0.15, 0.2) is 0 Å². The van der Waals surface area contributed by atoms with E-state index in [0.29, 0.717) is 29.6 Å². The third-order valence-corrected chi connectivity index (χ3v) is 4.34. The van der Waals surface area contributed by atoms with E-state index in [4.69, 9.17) is 5.73 Å². The topological polar surface area (TPSA) is 104 Å². The summed E-state index contributed by atoms with van der Waals surface area (Å²) in [5.41, 5.74) is 7.67. The number of carbonyl (C=O) groups is 1. The number of carbonyl (C=O) groups excluding carboxylic acids is 1. The van der Waals surface area contributed by atoms with Gasteiger partial charge in [0.2, 0.25) is 5.95 Å². The van der Waals surface area contributed by atoms with E-state index in [0.717, 1.165) is 31.6 Å². The molecule has 1 fully saturated rings. The van der Waals surface area contributed by atoms with Crippen LogP contribution in [0.5, 0.6) is 5.75 Å². The Labute approximate surface area is 146 Å². The molecule has 0 aliphatic carbocycles. The van der Waals surface area contributed by atoms with Crippen LogP contribution in [0.15, 0.2) is 30.3 Å². The Hall–Kier alpha value is -2.67. The normalized spacial score (nSPS) is 17.6. The van der Waals surface area contributed by atoms with Gasteiger partial charge in [0.25, 0.3) is 5.91 Å². The Morgan fingerprint density at radius 1 is 1.40 bits per heavy atom. The van der Waals surface area contributed by atoms with Crippen molar-refractivity contribution in [3.8, 4) is 5.75 Å². The number of hydrogen-bond acceptors (Lipinski definition) is 6. The van der Waals surface area contributed by atoms with E-state index in [-0.39, 0.29) is 11.9 Å². The molecule has 1 aliphatic heterocycles. The summed E-state index contributed by atoms with van der Waals surface area (Å²) in [4.78, 5) is 22.5. The number of phenols is 1. The van der Waals surface area contributed by atoms with Crippen LogP contribution in [0.2, 0.25) is 0 Å². The molecule has 7 nitrogen and oxygen atoms in total. The average molecular weight is 341 g/mol. The molecule has 0 saturated carbocycles. The van der Waals surface area contributed by atoms with Gasteiger partial charge in [0.05, 0.1) is 0 Å². The maximum Gasteiger partial charge on any atom is 0.270 e. The Kier molecular flexibility index (Phi) is 5.14. The zero-order valence-electron chi connectivity index (χ0n) is 14.3. The lowest BCUT2D eigenvalue weighted by Crippen LogP contribution is -2.31. The van der Waals surface area contributed by atoms with Crippen LogP contribution in [0, 0.1) is 12.8 Å². The smallest absolute Gasteiger partial charge is 0.270 e. The Morgan fingerprint density at radius 2 is 2.24 bits per heavy atom. The highest BCUT2D eigenvalue weighted by atomic mass is 16.3. The van der Waals surface area contributed by atoms with Crippen molar-refractivity contribution in [2.45, 2.75) is 19.9 Å². The fourth-order valence-corrected chi connectivity index (χ4v) is 3.17. The molecule has 25 heavy (non-hydrogen) atoms. The molecule has 1 saturated heterocycles. The molecule has 1 aliphatic rings. The van der Waals surface area contributed by atoms with E-state index in [1.54, 1.807) is 25.1 Å². The van der Waals surface area contributed by atoms with Crippen molar-refractivity contribution >= 4 is 11.9 Å². The van der Waals surface area contributed by atoms with E-state index in [2.05, 4.69) is 20.2 Å². The van der Waals surface area contributed by atoms with Gasteiger partial charge in [-0.05, 0) is 49.6 Å². The van der Waals surface area contributed by atoms with Crippen LogP contribution in [0.25, 0.3) is 0 Å². The maximum absolute atomic E-state index is 12.2. The first-order valence-electron chi connectivity index (χ1n) is 8.39. The van der Waals surface area contributed by atoms with Crippen molar-refractivity contribution in [1.82, 2.24) is 20.2 Å². The predicted molar refractivity (Wildman–Crippen MR) is 95.0 cm³/mol. The lowest BCUT2D eigenvalue weighted by Gasteiger charge is -2.16. The SMILES string of the molecule is Cc1cc(C(=O)NCC2CCN(Cc3cccc(O)c3)C2)nc(N)n1. The van der Waals surface area contributed by atoms with Crippen LogP contribution in [0.1, 0.15) is 28.2 Å². The third-order valence-electron chi connectivity index (χ3n) is 4.34. The monoisotopic (exact) mass is 341 g/mol. The summed E-state index contributed by atoms with van der Waals surface area (Å²) in [7, 11) is 0. The van der Waals surface area contributed by atoms with Crippen molar-refractivity contribution in [2.24, 2.45) is 5.92 Å².